The van der Waals surface area contributed by atoms with Gasteiger partial charge >= 0.3 is 0 Å². The molecule has 2 saturated carbocycles. The van der Waals surface area contributed by atoms with E-state index in [9.17, 15) is 4.79 Å². The minimum Gasteiger partial charge on any atom is -0.493 e. The number of fused-ring (bicyclic) bond motifs is 1. The summed E-state index contributed by atoms with van der Waals surface area (Å²) in [5.41, 5.74) is 1.28. The molecule has 0 radical (unpaired) electrons. The molecule has 4 bridgehead atoms. The topological polar surface area (TPSA) is 44.8 Å². The molecule has 1 aromatic carbocycles. The molecule has 27 heavy (non-hydrogen) atoms. The van der Waals surface area contributed by atoms with E-state index in [1.165, 1.54) is 24.0 Å². The molecule has 7 rings (SSSR count). The summed E-state index contributed by atoms with van der Waals surface area (Å²) in [5.74, 6) is 2.25. The molecule has 142 valence electrons. The number of carbonyl (C=O) groups excluding carboxylic acids is 1. The summed E-state index contributed by atoms with van der Waals surface area (Å²) in [7, 11) is 3.44. The number of aldehydes is 1. The number of hydrogen-bond donors (Lipinski definition) is 0. The van der Waals surface area contributed by atoms with E-state index in [4.69, 9.17) is 14.2 Å². The van der Waals surface area contributed by atoms with Crippen LogP contribution in [0.3, 0.4) is 0 Å². The van der Waals surface area contributed by atoms with Crippen molar-refractivity contribution in [3.8, 4) is 11.5 Å². The Kier molecular flexibility index (Phi) is 2.75. The predicted octanol–water partition coefficient (Wildman–Crippen LogP) is 3.60. The van der Waals surface area contributed by atoms with Crippen LogP contribution in [0.15, 0.2) is 24.3 Å². The molecular weight excluding hydrogens is 340 g/mol. The summed E-state index contributed by atoms with van der Waals surface area (Å²) >= 11 is 0. The third-order valence-electron chi connectivity index (χ3n) is 8.87. The molecule has 0 N–H and O–H groups in total. The smallest absolute Gasteiger partial charge is 0.166 e. The Morgan fingerprint density at radius 1 is 1.26 bits per heavy atom. The van der Waals surface area contributed by atoms with E-state index in [1.807, 2.05) is 6.07 Å². The number of carbonyl (C=O) groups is 1. The molecule has 4 heteroatoms. The van der Waals surface area contributed by atoms with Crippen LogP contribution in [0.1, 0.15) is 43.7 Å². The van der Waals surface area contributed by atoms with E-state index < -0.39 is 11.0 Å². The van der Waals surface area contributed by atoms with Gasteiger partial charge in [0.15, 0.2) is 11.5 Å². The first-order valence-corrected chi connectivity index (χ1v) is 10.1. The van der Waals surface area contributed by atoms with Crippen LogP contribution in [0.4, 0.5) is 0 Å². The molecule has 0 amide bonds. The molecule has 4 nitrogen and oxygen atoms in total. The van der Waals surface area contributed by atoms with Gasteiger partial charge in [-0.25, -0.2) is 0 Å². The molecule has 0 saturated heterocycles. The van der Waals surface area contributed by atoms with Gasteiger partial charge in [-0.2, -0.15) is 0 Å². The first-order valence-electron chi connectivity index (χ1n) is 10.1. The van der Waals surface area contributed by atoms with Crippen molar-refractivity contribution in [3.05, 3.63) is 35.4 Å². The predicted molar refractivity (Wildman–Crippen MR) is 100 cm³/mol. The highest BCUT2D eigenvalue weighted by Gasteiger charge is 2.80. The summed E-state index contributed by atoms with van der Waals surface area (Å²) in [6.45, 7) is 2.07. The molecule has 5 aliphatic carbocycles. The van der Waals surface area contributed by atoms with Crippen molar-refractivity contribution in [3.63, 3.8) is 0 Å². The molecule has 2 spiro atoms. The first-order chi connectivity index (χ1) is 13.0. The van der Waals surface area contributed by atoms with Crippen LogP contribution in [0.2, 0.25) is 0 Å². The Hall–Kier alpha value is -1.81. The molecule has 1 aliphatic heterocycles. The highest BCUT2D eigenvalue weighted by atomic mass is 16.6. The number of allylic oxidation sites excluding steroid dienone is 1. The van der Waals surface area contributed by atoms with Gasteiger partial charge in [0.25, 0.3) is 0 Å². The minimum absolute atomic E-state index is 0.0313. The van der Waals surface area contributed by atoms with Crippen LogP contribution >= 0.6 is 0 Å². The summed E-state index contributed by atoms with van der Waals surface area (Å²) < 4.78 is 18.7. The standard InChI is InChI=1S/C23H26O4/c1-20(13-24)12-21-9-10-23(20,26-3)19-22(21)8-4-5-15(21)11-14-6-7-16(25-2)18(27-19)17(14)22/h6-7,9-10,13,15,19H,4-5,8,11-12H2,1-3H3/t15-,19-,20-,21-,22+,23+/m1/s1. The quantitative estimate of drug-likeness (QED) is 0.606. The number of ether oxygens (including phenoxy) is 3. The molecule has 6 atom stereocenters. The van der Waals surface area contributed by atoms with Crippen molar-refractivity contribution >= 4 is 6.29 Å². The zero-order valence-corrected chi connectivity index (χ0v) is 16.2. The van der Waals surface area contributed by atoms with E-state index in [-0.39, 0.29) is 16.9 Å². The average molecular weight is 366 g/mol. The van der Waals surface area contributed by atoms with E-state index >= 15 is 0 Å². The maximum Gasteiger partial charge on any atom is 0.166 e. The maximum atomic E-state index is 12.4. The van der Waals surface area contributed by atoms with Crippen LogP contribution < -0.4 is 9.47 Å². The molecular formula is C23H26O4. The Labute approximate surface area is 159 Å². The normalized spacial score (nSPS) is 47.4. The van der Waals surface area contributed by atoms with Crippen molar-refractivity contribution in [2.75, 3.05) is 14.2 Å². The van der Waals surface area contributed by atoms with Gasteiger partial charge in [0.2, 0.25) is 0 Å². The summed E-state index contributed by atoms with van der Waals surface area (Å²) in [6, 6.07) is 4.28. The number of hydrogen-bond acceptors (Lipinski definition) is 4. The monoisotopic (exact) mass is 366 g/mol. The van der Waals surface area contributed by atoms with Crippen LogP contribution in [0.25, 0.3) is 0 Å². The first kappa shape index (κ1) is 16.2. The van der Waals surface area contributed by atoms with Crippen LogP contribution in [-0.4, -0.2) is 32.2 Å². The van der Waals surface area contributed by atoms with Gasteiger partial charge in [-0.15, -0.1) is 0 Å². The molecule has 1 aromatic rings. The number of methoxy groups -OCH3 is 2. The molecule has 0 aromatic heterocycles. The lowest BCUT2D eigenvalue weighted by atomic mass is 9.32. The second-order valence-corrected chi connectivity index (χ2v) is 9.48. The van der Waals surface area contributed by atoms with Crippen LogP contribution in [0.5, 0.6) is 11.5 Å². The fourth-order valence-electron chi connectivity index (χ4n) is 7.89. The van der Waals surface area contributed by atoms with Gasteiger partial charge < -0.3 is 19.0 Å². The summed E-state index contributed by atoms with van der Waals surface area (Å²) in [6.07, 6.45) is 10.9. The largest absolute Gasteiger partial charge is 0.493 e. The van der Waals surface area contributed by atoms with Crippen molar-refractivity contribution < 1.29 is 19.0 Å². The lowest BCUT2D eigenvalue weighted by Gasteiger charge is -2.71. The lowest BCUT2D eigenvalue weighted by molar-refractivity contribution is -0.232. The van der Waals surface area contributed by atoms with Gasteiger partial charge in [-0.1, -0.05) is 24.6 Å². The van der Waals surface area contributed by atoms with Gasteiger partial charge in [0.05, 0.1) is 12.5 Å². The Morgan fingerprint density at radius 2 is 2.11 bits per heavy atom. The number of rotatable bonds is 3. The van der Waals surface area contributed by atoms with E-state index in [2.05, 4.69) is 25.1 Å². The van der Waals surface area contributed by atoms with Crippen molar-refractivity contribution in [2.24, 2.45) is 16.7 Å². The fourth-order valence-corrected chi connectivity index (χ4v) is 7.89. The summed E-state index contributed by atoms with van der Waals surface area (Å²) in [4.78, 5) is 12.4. The number of benzene rings is 1. The Bertz CT molecular complexity index is 906. The summed E-state index contributed by atoms with van der Waals surface area (Å²) in [5, 5.41) is 0. The third-order valence-corrected chi connectivity index (χ3v) is 8.87. The van der Waals surface area contributed by atoms with Crippen molar-refractivity contribution in [1.29, 1.82) is 0 Å². The molecule has 2 fully saturated rings. The Balaban J connectivity index is 1.74. The molecule has 6 aliphatic rings. The minimum atomic E-state index is -0.739. The van der Waals surface area contributed by atoms with Crippen molar-refractivity contribution in [2.45, 2.75) is 56.1 Å². The SMILES string of the molecule is COc1ccc2c3c1O[C@H]1[C@@]4(OC)C=C[C@@]5(C[C@]4(C)C=O)[C@H](CCC[C@]315)C2. The fraction of sp³-hybridized carbons (Fsp3) is 0.609. The van der Waals surface area contributed by atoms with E-state index in [1.54, 1.807) is 14.2 Å². The maximum absolute atomic E-state index is 12.4. The average Bonchev–Trinajstić information content (AvgIpc) is 3.03. The highest BCUT2D eigenvalue weighted by molar-refractivity contribution is 5.71. The second kappa shape index (κ2) is 4.60. The van der Waals surface area contributed by atoms with Gasteiger partial charge in [-0.05, 0) is 50.2 Å². The molecule has 0 unspecified atom stereocenters. The van der Waals surface area contributed by atoms with Crippen LogP contribution in [-0.2, 0) is 21.4 Å². The zero-order valence-electron chi connectivity index (χ0n) is 16.2. The van der Waals surface area contributed by atoms with Gasteiger partial charge in [0, 0.05) is 23.5 Å². The second-order valence-electron chi connectivity index (χ2n) is 9.48. The lowest BCUT2D eigenvalue weighted by Crippen LogP contribution is -2.78. The van der Waals surface area contributed by atoms with Crippen molar-refractivity contribution in [1.82, 2.24) is 0 Å². The van der Waals surface area contributed by atoms with Crippen LogP contribution in [0, 0.1) is 16.7 Å². The van der Waals surface area contributed by atoms with E-state index in [0.717, 1.165) is 37.0 Å². The highest BCUT2D eigenvalue weighted by Crippen LogP contribution is 2.78. The Morgan fingerprint density at radius 3 is 2.85 bits per heavy atom. The zero-order chi connectivity index (χ0) is 18.7. The molecule has 1 heterocycles. The van der Waals surface area contributed by atoms with E-state index in [0.29, 0.717) is 5.92 Å². The van der Waals surface area contributed by atoms with Gasteiger partial charge in [-0.3, -0.25) is 0 Å². The third kappa shape index (κ3) is 1.37. The van der Waals surface area contributed by atoms with Gasteiger partial charge in [0.1, 0.15) is 18.0 Å².